The van der Waals surface area contributed by atoms with E-state index in [0.29, 0.717) is 12.8 Å². The van der Waals surface area contributed by atoms with Crippen LogP contribution in [0.15, 0.2) is 30.3 Å². The summed E-state index contributed by atoms with van der Waals surface area (Å²) in [4.78, 5) is 128. The van der Waals surface area contributed by atoms with Gasteiger partial charge in [0.25, 0.3) is 0 Å². The molecule has 0 saturated carbocycles. The molecule has 1 aliphatic heterocycles. The lowest BCUT2D eigenvalue weighted by atomic mass is 10.0. The molecule has 23 heteroatoms. The van der Waals surface area contributed by atoms with Crippen molar-refractivity contribution in [1.29, 1.82) is 0 Å². The Morgan fingerprint density at radius 1 is 0.712 bits per heavy atom. The van der Waals surface area contributed by atoms with E-state index in [4.69, 9.17) is 11.5 Å². The van der Waals surface area contributed by atoms with Crippen molar-refractivity contribution in [3.8, 4) is 0 Å². The number of carbonyl (C=O) groups is 10. The third-order valence-electron chi connectivity index (χ3n) is 9.11. The first-order valence-corrected chi connectivity index (χ1v) is 18.6. The minimum Gasteiger partial charge on any atom is -0.481 e. The Kier molecular flexibility index (Phi) is 19.8. The number of rotatable bonds is 25. The summed E-state index contributed by atoms with van der Waals surface area (Å²) in [5.41, 5.74) is 12.3. The Morgan fingerprint density at radius 3 is 1.63 bits per heavy atom. The van der Waals surface area contributed by atoms with Gasteiger partial charge in [0.1, 0.15) is 36.3 Å². The van der Waals surface area contributed by atoms with Crippen molar-refractivity contribution < 1.29 is 73.5 Å². The molecule has 0 radical (unpaired) electrons. The Balaban J connectivity index is 2.23. The van der Waals surface area contributed by atoms with Crippen LogP contribution in [-0.4, -0.2) is 151 Å². The number of carbonyl (C=O) groups excluding carboxylic acids is 6. The van der Waals surface area contributed by atoms with Crippen LogP contribution in [0.1, 0.15) is 63.9 Å². The van der Waals surface area contributed by atoms with Crippen LogP contribution in [0.4, 0.5) is 0 Å². The van der Waals surface area contributed by atoms with E-state index >= 15 is 0 Å². The number of nitrogens with one attached hydrogen (secondary N) is 5. The number of hydrogen-bond acceptors (Lipinski definition) is 13. The van der Waals surface area contributed by atoms with Gasteiger partial charge in [-0.3, -0.25) is 43.2 Å². The maximum Gasteiger partial charge on any atom is 0.326 e. The standard InChI is InChI=1S/C36H52N8O15/c1-18(45)29(43-33(55)25-11-7-13-44(25)35(57)20(38)14-19-8-3-2-4-9-19)34(56)42-24(17-28(50)51)32(54)41-23(16-27(48)49)31(53)40-22(15-26(46)47)30(52)39-21(36(58)59)10-5-6-12-37/h2-4,8-9,18,20-25,29,45H,5-7,10-17,37-38H2,1H3,(H,39,52)(H,40,53)(H,41,54)(H,42,56)(H,43,55)(H,46,47)(H,48,49)(H,50,51)(H,58,59). The van der Waals surface area contributed by atoms with Crippen LogP contribution in [0.3, 0.4) is 0 Å². The average molecular weight is 837 g/mol. The Hall–Kier alpha value is -6.20. The van der Waals surface area contributed by atoms with Gasteiger partial charge >= 0.3 is 23.9 Å². The molecule has 1 aromatic rings. The first kappa shape index (κ1) is 48.9. The number of likely N-dealkylation sites (tertiary alicyclic amines) is 1. The first-order chi connectivity index (χ1) is 27.7. The van der Waals surface area contributed by atoms with Crippen LogP contribution in [-0.2, 0) is 54.4 Å². The molecular formula is C36H52N8O15. The second-order valence-corrected chi connectivity index (χ2v) is 13.9. The van der Waals surface area contributed by atoms with Gasteiger partial charge in [-0.1, -0.05) is 30.3 Å². The molecule has 0 bridgehead atoms. The van der Waals surface area contributed by atoms with Gasteiger partial charge in [0.05, 0.1) is 31.4 Å². The second-order valence-electron chi connectivity index (χ2n) is 13.9. The van der Waals surface area contributed by atoms with Crippen molar-refractivity contribution >= 4 is 59.3 Å². The van der Waals surface area contributed by atoms with Crippen molar-refractivity contribution in [2.24, 2.45) is 11.5 Å². The molecule has 0 aliphatic carbocycles. The molecular weight excluding hydrogens is 784 g/mol. The zero-order valence-electron chi connectivity index (χ0n) is 32.2. The zero-order chi connectivity index (χ0) is 44.4. The third kappa shape index (κ3) is 16.3. The van der Waals surface area contributed by atoms with Crippen LogP contribution in [0.5, 0.6) is 0 Å². The Labute approximate surface area is 337 Å². The molecule has 1 aromatic carbocycles. The number of hydrogen-bond donors (Lipinski definition) is 12. The molecule has 1 aliphatic rings. The molecule has 8 unspecified atom stereocenters. The highest BCUT2D eigenvalue weighted by Crippen LogP contribution is 2.20. The van der Waals surface area contributed by atoms with Crippen molar-refractivity contribution in [3.63, 3.8) is 0 Å². The molecule has 14 N–H and O–H groups in total. The van der Waals surface area contributed by atoms with Crippen LogP contribution in [0.2, 0.25) is 0 Å². The fourth-order valence-electron chi connectivity index (χ4n) is 6.11. The summed E-state index contributed by atoms with van der Waals surface area (Å²) in [6.45, 7) is 1.48. The van der Waals surface area contributed by atoms with Crippen molar-refractivity contribution in [3.05, 3.63) is 35.9 Å². The smallest absolute Gasteiger partial charge is 0.326 e. The van der Waals surface area contributed by atoms with Crippen LogP contribution in [0, 0.1) is 0 Å². The molecule has 2 rings (SSSR count). The van der Waals surface area contributed by atoms with Crippen molar-refractivity contribution in [1.82, 2.24) is 31.5 Å². The molecule has 8 atom stereocenters. The summed E-state index contributed by atoms with van der Waals surface area (Å²) in [5.74, 6) is -13.4. The molecule has 326 valence electrons. The maximum atomic E-state index is 13.4. The predicted octanol–water partition coefficient (Wildman–Crippen LogP) is -4.01. The molecule has 6 amide bonds. The van der Waals surface area contributed by atoms with E-state index in [-0.39, 0.29) is 38.8 Å². The number of benzene rings is 1. The normalized spacial score (nSPS) is 17.1. The lowest BCUT2D eigenvalue weighted by molar-refractivity contribution is -0.145. The van der Waals surface area contributed by atoms with Gasteiger partial charge in [-0.05, 0) is 57.6 Å². The number of amides is 6. The number of aliphatic hydroxyl groups is 1. The number of nitrogens with zero attached hydrogens (tertiary/aromatic N) is 1. The van der Waals surface area contributed by atoms with E-state index in [1.165, 1.54) is 4.90 Å². The quantitative estimate of drug-likeness (QED) is 0.0417. The highest BCUT2D eigenvalue weighted by atomic mass is 16.4. The van der Waals surface area contributed by atoms with Gasteiger partial charge in [0, 0.05) is 6.54 Å². The van der Waals surface area contributed by atoms with E-state index < -0.39 is 127 Å². The van der Waals surface area contributed by atoms with Gasteiger partial charge in [0.15, 0.2) is 0 Å². The maximum absolute atomic E-state index is 13.4. The van der Waals surface area contributed by atoms with E-state index in [1.54, 1.807) is 30.3 Å². The minimum absolute atomic E-state index is 0.109. The summed E-state index contributed by atoms with van der Waals surface area (Å²) in [6, 6.07) is -2.77. The number of carboxylic acids is 4. The van der Waals surface area contributed by atoms with Gasteiger partial charge in [-0.15, -0.1) is 0 Å². The number of nitrogens with two attached hydrogens (primary N) is 2. The number of aliphatic hydroxyl groups excluding tert-OH is 1. The summed E-state index contributed by atoms with van der Waals surface area (Å²) < 4.78 is 0. The fraction of sp³-hybridized carbons (Fsp3) is 0.556. The molecule has 0 spiro atoms. The molecule has 23 nitrogen and oxygen atoms in total. The largest absolute Gasteiger partial charge is 0.481 e. The van der Waals surface area contributed by atoms with Gasteiger partial charge < -0.3 is 68.5 Å². The molecule has 0 aromatic heterocycles. The third-order valence-corrected chi connectivity index (χ3v) is 9.11. The van der Waals surface area contributed by atoms with E-state index in [2.05, 4.69) is 10.6 Å². The van der Waals surface area contributed by atoms with E-state index in [0.717, 1.165) is 12.5 Å². The van der Waals surface area contributed by atoms with E-state index in [9.17, 15) is 73.5 Å². The van der Waals surface area contributed by atoms with Crippen molar-refractivity contribution in [2.75, 3.05) is 13.1 Å². The summed E-state index contributed by atoms with van der Waals surface area (Å²) in [5, 5.41) is 58.6. The highest BCUT2D eigenvalue weighted by molar-refractivity contribution is 5.99. The average Bonchev–Trinajstić information content (AvgIpc) is 3.65. The Morgan fingerprint density at radius 2 is 1.19 bits per heavy atom. The van der Waals surface area contributed by atoms with Crippen LogP contribution < -0.4 is 38.1 Å². The summed E-state index contributed by atoms with van der Waals surface area (Å²) in [7, 11) is 0. The molecule has 1 heterocycles. The molecule has 59 heavy (non-hydrogen) atoms. The van der Waals surface area contributed by atoms with E-state index in [1.807, 2.05) is 16.0 Å². The number of unbranched alkanes of at least 4 members (excludes halogenated alkanes) is 1. The fourth-order valence-corrected chi connectivity index (χ4v) is 6.11. The van der Waals surface area contributed by atoms with Gasteiger partial charge in [-0.2, -0.15) is 0 Å². The highest BCUT2D eigenvalue weighted by Gasteiger charge is 2.40. The first-order valence-electron chi connectivity index (χ1n) is 18.6. The topological polar surface area (TPSA) is 387 Å². The zero-order valence-corrected chi connectivity index (χ0v) is 32.2. The SMILES string of the molecule is CC(O)C(NC(=O)C1CCCN1C(=O)C(N)Cc1ccccc1)C(=O)NC(CC(=O)O)C(=O)NC(CC(=O)O)C(=O)NC(CC(=O)O)C(=O)NC(CCCCN)C(=O)O. The van der Waals surface area contributed by atoms with Gasteiger partial charge in [-0.25, -0.2) is 4.79 Å². The summed E-state index contributed by atoms with van der Waals surface area (Å²) in [6.07, 6.45) is -3.86. The van der Waals surface area contributed by atoms with Crippen molar-refractivity contribution in [2.45, 2.75) is 113 Å². The lowest BCUT2D eigenvalue weighted by Crippen LogP contribution is -2.61. The molecule has 1 saturated heterocycles. The Bertz CT molecular complexity index is 1690. The predicted molar refractivity (Wildman–Crippen MR) is 201 cm³/mol. The lowest BCUT2D eigenvalue weighted by Gasteiger charge is -2.29. The number of carboxylic acid groups (broad SMARTS) is 4. The van der Waals surface area contributed by atoms with Crippen LogP contribution in [0.25, 0.3) is 0 Å². The monoisotopic (exact) mass is 836 g/mol. The molecule has 1 fully saturated rings. The summed E-state index contributed by atoms with van der Waals surface area (Å²) >= 11 is 0. The van der Waals surface area contributed by atoms with Gasteiger partial charge in [0.2, 0.25) is 35.4 Å². The number of aliphatic carboxylic acids is 4. The van der Waals surface area contributed by atoms with Crippen LogP contribution >= 0.6 is 0 Å². The minimum atomic E-state index is -2.12. The second kappa shape index (κ2) is 23.9.